The van der Waals surface area contributed by atoms with Gasteiger partial charge in [0.25, 0.3) is 11.5 Å². The monoisotopic (exact) mass is 705 g/mol. The summed E-state index contributed by atoms with van der Waals surface area (Å²) >= 11 is 13.4. The Balaban J connectivity index is 1.84. The van der Waals surface area contributed by atoms with Crippen LogP contribution in [0, 0.1) is 0 Å². The number of pyridine rings is 1. The van der Waals surface area contributed by atoms with Gasteiger partial charge in [-0.3, -0.25) is 14.6 Å². The van der Waals surface area contributed by atoms with Gasteiger partial charge in [0, 0.05) is 36.0 Å². The third kappa shape index (κ3) is 11.1. The van der Waals surface area contributed by atoms with Crippen LogP contribution in [0.2, 0.25) is 10.0 Å². The topological polar surface area (TPSA) is 170 Å². The Morgan fingerprint density at radius 2 is 1.74 bits per heavy atom. The van der Waals surface area contributed by atoms with Crippen LogP contribution in [0.15, 0.2) is 52.2 Å². The number of hydrogen-bond donors (Lipinski definition) is 1. The van der Waals surface area contributed by atoms with Crippen LogP contribution >= 0.6 is 35.1 Å². The van der Waals surface area contributed by atoms with Crippen LogP contribution in [0.3, 0.4) is 0 Å². The molecule has 0 aliphatic heterocycles. The molecule has 2 unspecified atom stereocenters. The molecule has 0 radical (unpaired) electrons. The summed E-state index contributed by atoms with van der Waals surface area (Å²) in [7, 11) is 1.54. The highest BCUT2D eigenvalue weighted by Crippen LogP contribution is 2.28. The van der Waals surface area contributed by atoms with E-state index in [4.69, 9.17) is 42.9 Å². The molecule has 47 heavy (non-hydrogen) atoms. The number of aromatic nitrogens is 3. The predicted molar refractivity (Wildman–Crippen MR) is 182 cm³/mol. The number of halogens is 2. The second-order valence-electron chi connectivity index (χ2n) is 12.2. The first-order valence-electron chi connectivity index (χ1n) is 14.5. The van der Waals surface area contributed by atoms with E-state index in [9.17, 15) is 14.4 Å². The number of rotatable bonds is 14. The molecule has 0 saturated heterocycles. The highest BCUT2D eigenvalue weighted by Gasteiger charge is 2.29. The van der Waals surface area contributed by atoms with Gasteiger partial charge < -0.3 is 19.5 Å². The summed E-state index contributed by atoms with van der Waals surface area (Å²) in [6, 6.07) is 5.84. The molecule has 0 spiro atoms. The summed E-state index contributed by atoms with van der Waals surface area (Å²) in [6.07, 6.45) is 4.10. The van der Waals surface area contributed by atoms with E-state index in [-0.39, 0.29) is 50.8 Å². The lowest BCUT2D eigenvalue weighted by atomic mass is 10.0. The Kier molecular flexibility index (Phi) is 13.1. The molecule has 0 saturated carbocycles. The minimum atomic E-state index is -1.09. The normalized spacial score (nSPS) is 12.9. The molecular formula is C31H37Cl2N7O6S. The average molecular weight is 707 g/mol. The fourth-order valence-corrected chi connectivity index (χ4v) is 5.00. The lowest BCUT2D eigenvalue weighted by Crippen LogP contribution is -2.45. The highest BCUT2D eigenvalue weighted by atomic mass is 35.5. The molecule has 0 bridgehead atoms. The zero-order valence-corrected chi connectivity index (χ0v) is 29.4. The largest absolute Gasteiger partial charge is 0.488 e. The van der Waals surface area contributed by atoms with Crippen molar-refractivity contribution in [2.75, 3.05) is 13.2 Å². The van der Waals surface area contributed by atoms with E-state index in [1.54, 1.807) is 45.0 Å². The molecule has 252 valence electrons. The number of carbonyl (C=O) groups excluding carboxylic acids is 2. The minimum absolute atomic E-state index is 0.0107. The number of nitrogens with one attached hydrogen (secondary N) is 1. The van der Waals surface area contributed by atoms with Gasteiger partial charge in [-0.1, -0.05) is 66.3 Å². The predicted octanol–water partition coefficient (Wildman–Crippen LogP) is 6.35. The second-order valence-corrected chi connectivity index (χ2v) is 14.2. The van der Waals surface area contributed by atoms with Crippen molar-refractivity contribution in [3.05, 3.63) is 84.8 Å². The highest BCUT2D eigenvalue weighted by molar-refractivity contribution is 7.98. The van der Waals surface area contributed by atoms with Gasteiger partial charge in [-0.2, -0.15) is 5.10 Å². The summed E-state index contributed by atoms with van der Waals surface area (Å²) < 4.78 is 22.3. The number of aryl methyl sites for hydroxylation is 1. The maximum Gasteiger partial charge on any atom is 0.329 e. The number of carbonyl (C=O) groups is 2. The molecule has 0 aliphatic rings. The summed E-state index contributed by atoms with van der Waals surface area (Å²) in [5.74, 6) is -1.04. The molecular weight excluding hydrogens is 669 g/mol. The molecule has 3 aromatic rings. The van der Waals surface area contributed by atoms with Crippen LogP contribution in [0.5, 0.6) is 5.75 Å². The van der Waals surface area contributed by atoms with Crippen LogP contribution in [0.25, 0.3) is 21.6 Å². The molecule has 0 aliphatic carbocycles. The van der Waals surface area contributed by atoms with Gasteiger partial charge in [0.05, 0.1) is 39.6 Å². The van der Waals surface area contributed by atoms with E-state index in [0.29, 0.717) is 17.7 Å². The first-order valence-corrected chi connectivity index (χ1v) is 16.1. The molecule has 1 N–H and O–H groups in total. The molecule has 0 fully saturated rings. The van der Waals surface area contributed by atoms with Gasteiger partial charge in [0.1, 0.15) is 18.2 Å². The standard InChI is InChI=1S/C31H37Cl2N7O6S/c1-18(47-39-38-34)16-45-31(5,6)17-44-24-15-36-40(7)28(42)25(24)20-10-8-19(9-11-20)12-23(29(43)46-30(2,3)4)37-27(41)26-21(32)13-35-14-22(26)33/h8-11,13-15,18,23H,12,16-17H2,1-7H3,(H,37,41). The summed E-state index contributed by atoms with van der Waals surface area (Å²) in [6.45, 7) is 11.2. The maximum absolute atomic E-state index is 13.2. The fraction of sp³-hybridized carbons (Fsp3) is 0.452. The zero-order valence-electron chi connectivity index (χ0n) is 27.1. The number of benzene rings is 1. The Morgan fingerprint density at radius 1 is 1.11 bits per heavy atom. The minimum Gasteiger partial charge on any atom is -0.488 e. The van der Waals surface area contributed by atoms with Gasteiger partial charge in [-0.25, -0.2) is 9.48 Å². The van der Waals surface area contributed by atoms with E-state index >= 15 is 0 Å². The SMILES string of the molecule is CC(COC(C)(C)COc1cnn(C)c(=O)c1-c1ccc(CC(NC(=O)c2c(Cl)cncc2Cl)C(=O)OC(C)(C)C)cc1)SN=[N+]=[N-]. The molecule has 16 heteroatoms. The number of nitrogens with zero attached hydrogens (tertiary/aromatic N) is 6. The first-order chi connectivity index (χ1) is 22.0. The van der Waals surface area contributed by atoms with Gasteiger partial charge in [0.2, 0.25) is 0 Å². The first kappa shape index (κ1) is 37.6. The van der Waals surface area contributed by atoms with Crippen LogP contribution in [-0.2, 0) is 27.7 Å². The lowest BCUT2D eigenvalue weighted by molar-refractivity contribution is -0.157. The van der Waals surface area contributed by atoms with Crippen LogP contribution in [0.4, 0.5) is 0 Å². The number of ether oxygens (including phenoxy) is 3. The van der Waals surface area contributed by atoms with Crippen molar-refractivity contribution in [1.29, 1.82) is 0 Å². The molecule has 13 nitrogen and oxygen atoms in total. The Labute approximate surface area is 287 Å². The van der Waals surface area contributed by atoms with Crippen LogP contribution in [0.1, 0.15) is 57.5 Å². The van der Waals surface area contributed by atoms with E-state index in [2.05, 4.69) is 24.8 Å². The molecule has 1 aromatic carbocycles. The van der Waals surface area contributed by atoms with Gasteiger partial charge in [0.15, 0.2) is 5.75 Å². The van der Waals surface area contributed by atoms with Crippen molar-refractivity contribution in [2.24, 2.45) is 11.6 Å². The molecule has 2 atom stereocenters. The third-order valence-corrected chi connectivity index (χ3v) is 7.65. The van der Waals surface area contributed by atoms with Gasteiger partial charge in [-0.05, 0) is 55.8 Å². The quantitative estimate of drug-likeness (QED) is 0.0659. The number of esters is 1. The van der Waals surface area contributed by atoms with E-state index < -0.39 is 29.1 Å². The second kappa shape index (κ2) is 16.3. The van der Waals surface area contributed by atoms with Crippen molar-refractivity contribution in [2.45, 2.75) is 70.5 Å². The lowest BCUT2D eigenvalue weighted by Gasteiger charge is -2.27. The summed E-state index contributed by atoms with van der Waals surface area (Å²) in [5.41, 5.74) is 8.10. The van der Waals surface area contributed by atoms with Crippen molar-refractivity contribution in [1.82, 2.24) is 20.1 Å². The summed E-state index contributed by atoms with van der Waals surface area (Å²) in [5, 5.41) is 6.81. The number of amides is 1. The van der Waals surface area contributed by atoms with Crippen LogP contribution < -0.4 is 15.6 Å². The molecule has 1 amide bonds. The fourth-order valence-electron chi connectivity index (χ4n) is 4.13. The van der Waals surface area contributed by atoms with Crippen molar-refractivity contribution in [3.8, 4) is 16.9 Å². The maximum atomic E-state index is 13.2. The molecule has 2 aromatic heterocycles. The van der Waals surface area contributed by atoms with E-state index in [0.717, 1.165) is 11.9 Å². The van der Waals surface area contributed by atoms with Crippen molar-refractivity contribution in [3.63, 3.8) is 0 Å². The van der Waals surface area contributed by atoms with Crippen molar-refractivity contribution >= 4 is 47.0 Å². The Morgan fingerprint density at radius 3 is 2.34 bits per heavy atom. The van der Waals surface area contributed by atoms with Crippen LogP contribution in [-0.4, -0.2) is 62.3 Å². The van der Waals surface area contributed by atoms with Crippen molar-refractivity contribution < 1.29 is 23.8 Å². The average Bonchev–Trinajstić information content (AvgIpc) is 2.99. The number of hydrogen-bond acceptors (Lipinski definition) is 10. The van der Waals surface area contributed by atoms with E-state index in [1.807, 2.05) is 20.8 Å². The Hall–Kier alpha value is -3.81. The summed E-state index contributed by atoms with van der Waals surface area (Å²) in [4.78, 5) is 46.2. The van der Waals surface area contributed by atoms with E-state index in [1.165, 1.54) is 30.3 Å². The van der Waals surface area contributed by atoms with Gasteiger partial charge in [-0.15, -0.1) is 0 Å². The van der Waals surface area contributed by atoms with Gasteiger partial charge >= 0.3 is 5.97 Å². The molecule has 2 heterocycles. The molecule has 3 rings (SSSR count). The Bertz CT molecular complexity index is 1670. The number of azide groups is 1. The smallest absolute Gasteiger partial charge is 0.329 e. The zero-order chi connectivity index (χ0) is 34.9. The third-order valence-electron chi connectivity index (χ3n) is 6.41.